The van der Waals surface area contributed by atoms with Crippen LogP contribution in [0.15, 0.2) is 28.8 Å². The van der Waals surface area contributed by atoms with Gasteiger partial charge in [0.25, 0.3) is 0 Å². The van der Waals surface area contributed by atoms with Gasteiger partial charge in [0.2, 0.25) is 11.8 Å². The van der Waals surface area contributed by atoms with E-state index in [0.717, 1.165) is 0 Å². The predicted octanol–water partition coefficient (Wildman–Crippen LogP) is 1.09. The molecular formula is C14H18N4O3. The molecule has 1 aromatic heterocycles. The normalized spacial score (nSPS) is 10.3. The minimum Gasteiger partial charge on any atom is -0.493 e. The number of nitrogens with two attached hydrogens (primary N) is 1. The fourth-order valence-corrected chi connectivity index (χ4v) is 1.70. The summed E-state index contributed by atoms with van der Waals surface area (Å²) in [7, 11) is 0. The van der Waals surface area contributed by atoms with Gasteiger partial charge < -0.3 is 20.3 Å². The van der Waals surface area contributed by atoms with Crippen LogP contribution in [0.1, 0.15) is 18.1 Å². The summed E-state index contributed by atoms with van der Waals surface area (Å²) in [5, 5.41) is 6.44. The number of aryl methyl sites for hydroxylation is 1. The van der Waals surface area contributed by atoms with Crippen molar-refractivity contribution in [3.05, 3.63) is 36.0 Å². The zero-order valence-electron chi connectivity index (χ0n) is 11.8. The monoisotopic (exact) mass is 290 g/mol. The molecule has 0 aliphatic carbocycles. The molecule has 3 N–H and O–H groups in total. The van der Waals surface area contributed by atoms with Crippen LogP contribution in [0, 0.1) is 6.92 Å². The third-order valence-electron chi connectivity index (χ3n) is 2.69. The molecule has 0 unspecified atom stereocenters. The fourth-order valence-electron chi connectivity index (χ4n) is 1.70. The number of carbonyl (C=O) groups is 1. The molecule has 7 heteroatoms. The Labute approximate surface area is 122 Å². The van der Waals surface area contributed by atoms with Crippen molar-refractivity contribution in [2.24, 2.45) is 0 Å². The molecule has 0 atom stereocenters. The minimum atomic E-state index is -0.0878. The van der Waals surface area contributed by atoms with Gasteiger partial charge in [-0.3, -0.25) is 4.79 Å². The number of anilines is 1. The van der Waals surface area contributed by atoms with Crippen LogP contribution in [0.25, 0.3) is 0 Å². The van der Waals surface area contributed by atoms with E-state index in [4.69, 9.17) is 15.0 Å². The first kappa shape index (κ1) is 14.8. The van der Waals surface area contributed by atoms with E-state index in [1.807, 2.05) is 0 Å². The first-order valence-corrected chi connectivity index (χ1v) is 6.68. The number of nitrogen functional groups attached to an aromatic ring is 1. The average molecular weight is 290 g/mol. The Morgan fingerprint density at radius 1 is 1.48 bits per heavy atom. The summed E-state index contributed by atoms with van der Waals surface area (Å²) in [5.74, 6) is 1.68. The highest BCUT2D eigenvalue weighted by atomic mass is 16.5. The van der Waals surface area contributed by atoms with Crippen LogP contribution >= 0.6 is 0 Å². The number of rotatable bonds is 7. The Morgan fingerprint density at radius 3 is 3.05 bits per heavy atom. The summed E-state index contributed by atoms with van der Waals surface area (Å²) >= 11 is 0. The molecule has 0 saturated heterocycles. The molecule has 0 radical (unpaired) electrons. The van der Waals surface area contributed by atoms with Gasteiger partial charge in [0, 0.05) is 24.7 Å². The number of nitrogens with zero attached hydrogens (tertiary/aromatic N) is 2. The second-order valence-corrected chi connectivity index (χ2v) is 4.51. The molecule has 21 heavy (non-hydrogen) atoms. The van der Waals surface area contributed by atoms with Gasteiger partial charge in [-0.2, -0.15) is 4.98 Å². The van der Waals surface area contributed by atoms with Crippen LogP contribution in [0.5, 0.6) is 5.75 Å². The molecule has 0 fully saturated rings. The van der Waals surface area contributed by atoms with E-state index < -0.39 is 0 Å². The number of ether oxygens (including phenoxy) is 1. The molecule has 112 valence electrons. The number of hydrogen-bond donors (Lipinski definition) is 2. The molecule has 2 rings (SSSR count). The molecule has 0 aliphatic rings. The molecule has 1 aromatic carbocycles. The highest BCUT2D eigenvalue weighted by Gasteiger charge is 2.05. The zero-order valence-corrected chi connectivity index (χ0v) is 11.8. The summed E-state index contributed by atoms with van der Waals surface area (Å²) in [6.07, 6.45) is 0.792. The number of benzene rings is 1. The Morgan fingerprint density at radius 2 is 2.33 bits per heavy atom. The van der Waals surface area contributed by atoms with E-state index >= 15 is 0 Å². The lowest BCUT2D eigenvalue weighted by molar-refractivity contribution is -0.121. The zero-order chi connectivity index (χ0) is 15.1. The van der Waals surface area contributed by atoms with Crippen molar-refractivity contribution < 1.29 is 14.1 Å². The Kier molecular flexibility index (Phi) is 5.14. The van der Waals surface area contributed by atoms with E-state index in [2.05, 4.69) is 15.5 Å². The van der Waals surface area contributed by atoms with Gasteiger partial charge in [-0.05, 0) is 19.1 Å². The maximum absolute atomic E-state index is 11.6. The van der Waals surface area contributed by atoms with Crippen molar-refractivity contribution in [3.63, 3.8) is 0 Å². The molecule has 1 amide bonds. The Hall–Kier alpha value is -2.57. The van der Waals surface area contributed by atoms with E-state index in [1.54, 1.807) is 31.2 Å². The lowest BCUT2D eigenvalue weighted by Gasteiger charge is -2.07. The van der Waals surface area contributed by atoms with Crippen molar-refractivity contribution in [1.29, 1.82) is 0 Å². The smallest absolute Gasteiger partial charge is 0.228 e. The largest absolute Gasteiger partial charge is 0.493 e. The molecule has 0 bridgehead atoms. The lowest BCUT2D eigenvalue weighted by atomic mass is 10.3. The van der Waals surface area contributed by atoms with Crippen LogP contribution in [0.3, 0.4) is 0 Å². The van der Waals surface area contributed by atoms with E-state index in [9.17, 15) is 4.79 Å². The van der Waals surface area contributed by atoms with Crippen molar-refractivity contribution in [3.8, 4) is 5.75 Å². The maximum Gasteiger partial charge on any atom is 0.228 e. The number of hydrogen-bond acceptors (Lipinski definition) is 6. The second-order valence-electron chi connectivity index (χ2n) is 4.51. The fraction of sp³-hybridized carbons (Fsp3) is 0.357. The highest BCUT2D eigenvalue weighted by Crippen LogP contribution is 2.14. The maximum atomic E-state index is 11.6. The molecule has 7 nitrogen and oxygen atoms in total. The van der Waals surface area contributed by atoms with Crippen molar-refractivity contribution in [1.82, 2.24) is 15.5 Å². The van der Waals surface area contributed by atoms with Gasteiger partial charge in [-0.1, -0.05) is 11.2 Å². The van der Waals surface area contributed by atoms with E-state index in [-0.39, 0.29) is 12.3 Å². The second kappa shape index (κ2) is 7.28. The van der Waals surface area contributed by atoms with E-state index in [1.165, 1.54) is 0 Å². The summed E-state index contributed by atoms with van der Waals surface area (Å²) in [6, 6.07) is 7.10. The molecule has 0 saturated carbocycles. The van der Waals surface area contributed by atoms with Gasteiger partial charge in [-0.15, -0.1) is 0 Å². The standard InChI is InChI=1S/C14H18N4O3/c1-10-17-14(21-18-10)5-7-16-13(19)6-8-20-12-4-2-3-11(15)9-12/h2-4,9H,5-8,15H2,1H3,(H,16,19). The number of nitrogens with one attached hydrogen (secondary N) is 1. The third-order valence-corrected chi connectivity index (χ3v) is 2.69. The highest BCUT2D eigenvalue weighted by molar-refractivity contribution is 5.75. The molecular weight excluding hydrogens is 272 g/mol. The van der Waals surface area contributed by atoms with Crippen LogP contribution in [-0.2, 0) is 11.2 Å². The third kappa shape index (κ3) is 5.13. The molecule has 1 heterocycles. The summed E-state index contributed by atoms with van der Waals surface area (Å²) in [4.78, 5) is 15.7. The van der Waals surface area contributed by atoms with Crippen LogP contribution in [0.4, 0.5) is 5.69 Å². The van der Waals surface area contributed by atoms with Gasteiger partial charge in [-0.25, -0.2) is 0 Å². The molecule has 0 aliphatic heterocycles. The lowest BCUT2D eigenvalue weighted by Crippen LogP contribution is -2.27. The van der Waals surface area contributed by atoms with E-state index in [0.29, 0.717) is 42.7 Å². The molecule has 0 spiro atoms. The van der Waals surface area contributed by atoms with Crippen molar-refractivity contribution in [2.45, 2.75) is 19.8 Å². The van der Waals surface area contributed by atoms with Crippen molar-refractivity contribution in [2.75, 3.05) is 18.9 Å². The Bertz CT molecular complexity index is 597. The summed E-state index contributed by atoms with van der Waals surface area (Å²) in [6.45, 7) is 2.51. The predicted molar refractivity (Wildman–Crippen MR) is 76.7 cm³/mol. The number of carbonyl (C=O) groups excluding carboxylic acids is 1. The summed E-state index contributed by atoms with van der Waals surface area (Å²) < 4.78 is 10.4. The van der Waals surface area contributed by atoms with Crippen molar-refractivity contribution >= 4 is 11.6 Å². The average Bonchev–Trinajstić information content (AvgIpc) is 2.84. The number of amides is 1. The SMILES string of the molecule is Cc1noc(CCNC(=O)CCOc2cccc(N)c2)n1. The quantitative estimate of drug-likeness (QED) is 0.740. The van der Waals surface area contributed by atoms with Gasteiger partial charge in [0.1, 0.15) is 5.75 Å². The first-order chi connectivity index (χ1) is 10.1. The van der Waals surface area contributed by atoms with Crippen LogP contribution in [0.2, 0.25) is 0 Å². The first-order valence-electron chi connectivity index (χ1n) is 6.68. The Balaban J connectivity index is 1.61. The minimum absolute atomic E-state index is 0.0878. The van der Waals surface area contributed by atoms with Gasteiger partial charge >= 0.3 is 0 Å². The molecule has 2 aromatic rings. The summed E-state index contributed by atoms with van der Waals surface area (Å²) in [5.41, 5.74) is 6.26. The number of aromatic nitrogens is 2. The van der Waals surface area contributed by atoms with Crippen LogP contribution < -0.4 is 15.8 Å². The van der Waals surface area contributed by atoms with Gasteiger partial charge in [0.05, 0.1) is 13.0 Å². The van der Waals surface area contributed by atoms with Crippen LogP contribution in [-0.4, -0.2) is 29.2 Å². The van der Waals surface area contributed by atoms with Gasteiger partial charge in [0.15, 0.2) is 5.82 Å². The topological polar surface area (TPSA) is 103 Å².